The molecule has 0 unspecified atom stereocenters. The summed E-state index contributed by atoms with van der Waals surface area (Å²) < 4.78 is 0. The van der Waals surface area contributed by atoms with E-state index in [0.717, 1.165) is 24.2 Å². The molecule has 0 aliphatic carbocycles. The third-order valence-corrected chi connectivity index (χ3v) is 3.96. The fourth-order valence-electron chi connectivity index (χ4n) is 2.64. The van der Waals surface area contributed by atoms with Crippen molar-refractivity contribution in [2.45, 2.75) is 32.6 Å². The number of pyridine rings is 1. The molecule has 1 aliphatic heterocycles. The molecule has 6 heteroatoms. The highest BCUT2D eigenvalue weighted by Crippen LogP contribution is 2.17. The Hall–Kier alpha value is -2.11. The smallest absolute Gasteiger partial charge is 0.317 e. The first-order chi connectivity index (χ1) is 10.6. The Morgan fingerprint density at radius 2 is 2.09 bits per heavy atom. The van der Waals surface area contributed by atoms with E-state index in [-0.39, 0.29) is 11.9 Å². The van der Waals surface area contributed by atoms with E-state index >= 15 is 0 Å². The van der Waals surface area contributed by atoms with Crippen molar-refractivity contribution in [3.05, 3.63) is 29.6 Å². The van der Waals surface area contributed by atoms with Gasteiger partial charge in [-0.2, -0.15) is 0 Å². The number of piperidine rings is 1. The number of aliphatic carboxylic acids is 1. The van der Waals surface area contributed by atoms with Crippen LogP contribution in [0.15, 0.2) is 18.2 Å². The van der Waals surface area contributed by atoms with E-state index < -0.39 is 5.97 Å². The number of nitrogens with zero attached hydrogens (tertiary/aromatic N) is 2. The second-order valence-electron chi connectivity index (χ2n) is 5.71. The zero-order valence-electron chi connectivity index (χ0n) is 12.9. The normalized spacial score (nSPS) is 15.6. The number of amides is 2. The summed E-state index contributed by atoms with van der Waals surface area (Å²) in [5.41, 5.74) is 2.04. The van der Waals surface area contributed by atoms with Crippen molar-refractivity contribution in [1.29, 1.82) is 0 Å². The number of rotatable bonds is 5. The Kier molecular flexibility index (Phi) is 5.75. The Morgan fingerprint density at radius 1 is 1.36 bits per heavy atom. The number of carbonyl (C=O) groups is 2. The van der Waals surface area contributed by atoms with Crippen molar-refractivity contribution >= 4 is 12.0 Å². The maximum Gasteiger partial charge on any atom is 0.317 e. The lowest BCUT2D eigenvalue weighted by molar-refractivity contribution is -0.143. The second kappa shape index (κ2) is 7.77. The first-order valence-corrected chi connectivity index (χ1v) is 7.74. The van der Waals surface area contributed by atoms with Crippen LogP contribution in [0.1, 0.15) is 30.7 Å². The van der Waals surface area contributed by atoms with Crippen molar-refractivity contribution in [2.75, 3.05) is 19.6 Å². The van der Waals surface area contributed by atoms with Gasteiger partial charge in [-0.15, -0.1) is 0 Å². The first-order valence-electron chi connectivity index (χ1n) is 7.74. The Balaban J connectivity index is 1.65. The Bertz CT molecular complexity index is 525. The van der Waals surface area contributed by atoms with Gasteiger partial charge in [-0.1, -0.05) is 6.07 Å². The molecule has 6 nitrogen and oxygen atoms in total. The van der Waals surface area contributed by atoms with Crippen LogP contribution in [0.3, 0.4) is 0 Å². The number of hydrogen-bond acceptors (Lipinski definition) is 3. The van der Waals surface area contributed by atoms with Crippen molar-refractivity contribution in [3.8, 4) is 0 Å². The number of aromatic nitrogens is 1. The van der Waals surface area contributed by atoms with Crippen LogP contribution in [0.4, 0.5) is 4.79 Å². The van der Waals surface area contributed by atoms with Gasteiger partial charge in [0.2, 0.25) is 0 Å². The van der Waals surface area contributed by atoms with E-state index in [9.17, 15) is 9.59 Å². The first kappa shape index (κ1) is 16.3. The number of urea groups is 1. The molecule has 0 spiro atoms. The maximum atomic E-state index is 12.0. The van der Waals surface area contributed by atoms with E-state index in [1.165, 1.54) is 0 Å². The SMILES string of the molecule is Cc1cccc(CCCNC(=O)N2CCC(C(=O)O)CC2)n1. The van der Waals surface area contributed by atoms with Gasteiger partial charge in [-0.05, 0) is 44.7 Å². The fraction of sp³-hybridized carbons (Fsp3) is 0.562. The van der Waals surface area contributed by atoms with Crippen LogP contribution < -0.4 is 5.32 Å². The molecule has 2 heterocycles. The van der Waals surface area contributed by atoms with Gasteiger partial charge in [-0.3, -0.25) is 9.78 Å². The summed E-state index contributed by atoms with van der Waals surface area (Å²) in [5, 5.41) is 11.8. The molecule has 2 N–H and O–H groups in total. The third kappa shape index (κ3) is 4.72. The van der Waals surface area contributed by atoms with Crippen LogP contribution in [0, 0.1) is 12.8 Å². The molecule has 0 radical (unpaired) electrons. The highest BCUT2D eigenvalue weighted by molar-refractivity contribution is 5.75. The van der Waals surface area contributed by atoms with Gasteiger partial charge in [0.05, 0.1) is 5.92 Å². The molecule has 0 bridgehead atoms. The molecule has 0 atom stereocenters. The number of hydrogen-bond donors (Lipinski definition) is 2. The zero-order valence-corrected chi connectivity index (χ0v) is 12.9. The molecule has 2 amide bonds. The zero-order chi connectivity index (χ0) is 15.9. The van der Waals surface area contributed by atoms with Gasteiger partial charge in [0.15, 0.2) is 0 Å². The number of aryl methyl sites for hydroxylation is 2. The predicted molar refractivity (Wildman–Crippen MR) is 82.6 cm³/mol. The summed E-state index contributed by atoms with van der Waals surface area (Å²) >= 11 is 0. The average molecular weight is 305 g/mol. The standard InChI is InChI=1S/C16H23N3O3/c1-12-4-2-5-14(18-12)6-3-9-17-16(22)19-10-7-13(8-11-19)15(20)21/h2,4-5,13H,3,6-11H2,1H3,(H,17,22)(H,20,21). The van der Waals surface area contributed by atoms with Gasteiger partial charge in [0, 0.05) is 31.0 Å². The average Bonchev–Trinajstić information content (AvgIpc) is 2.51. The van der Waals surface area contributed by atoms with Gasteiger partial charge in [-0.25, -0.2) is 4.79 Å². The van der Waals surface area contributed by atoms with Crippen molar-refractivity contribution in [3.63, 3.8) is 0 Å². The molecule has 2 rings (SSSR count). The molecule has 0 saturated carbocycles. The summed E-state index contributed by atoms with van der Waals surface area (Å²) in [6.45, 7) is 3.60. The van der Waals surface area contributed by atoms with E-state index in [1.54, 1.807) is 4.90 Å². The van der Waals surface area contributed by atoms with Crippen molar-refractivity contribution in [1.82, 2.24) is 15.2 Å². The summed E-state index contributed by atoms with van der Waals surface area (Å²) in [4.78, 5) is 29.0. The van der Waals surface area contributed by atoms with Crippen LogP contribution in [0.2, 0.25) is 0 Å². The van der Waals surface area contributed by atoms with Crippen LogP contribution in [-0.4, -0.2) is 46.6 Å². The van der Waals surface area contributed by atoms with Gasteiger partial charge < -0.3 is 15.3 Å². The van der Waals surface area contributed by atoms with Crippen molar-refractivity contribution in [2.24, 2.45) is 5.92 Å². The van der Waals surface area contributed by atoms with E-state index in [1.807, 2.05) is 25.1 Å². The highest BCUT2D eigenvalue weighted by atomic mass is 16.4. The Labute approximate surface area is 130 Å². The fourth-order valence-corrected chi connectivity index (χ4v) is 2.64. The largest absolute Gasteiger partial charge is 0.481 e. The Morgan fingerprint density at radius 3 is 2.73 bits per heavy atom. The minimum absolute atomic E-state index is 0.0963. The summed E-state index contributed by atoms with van der Waals surface area (Å²) in [5.74, 6) is -1.07. The predicted octanol–water partition coefficient (Wildman–Crippen LogP) is 1.83. The number of likely N-dealkylation sites (tertiary alicyclic amines) is 1. The summed E-state index contributed by atoms with van der Waals surface area (Å²) in [6.07, 6.45) is 2.75. The molecule has 1 aromatic heterocycles. The van der Waals surface area contributed by atoms with Crippen LogP contribution in [-0.2, 0) is 11.2 Å². The number of carboxylic acid groups (broad SMARTS) is 1. The maximum absolute atomic E-state index is 12.0. The van der Waals surface area contributed by atoms with Gasteiger partial charge in [0.1, 0.15) is 0 Å². The molecule has 1 fully saturated rings. The van der Waals surface area contributed by atoms with Gasteiger partial charge in [0.25, 0.3) is 0 Å². The quantitative estimate of drug-likeness (QED) is 0.813. The summed E-state index contributed by atoms with van der Waals surface area (Å²) in [6, 6.07) is 5.85. The minimum atomic E-state index is -0.759. The molecule has 1 saturated heterocycles. The second-order valence-corrected chi connectivity index (χ2v) is 5.71. The molecular weight excluding hydrogens is 282 g/mol. The molecule has 22 heavy (non-hydrogen) atoms. The molecular formula is C16H23N3O3. The van der Waals surface area contributed by atoms with E-state index in [0.29, 0.717) is 32.5 Å². The lowest BCUT2D eigenvalue weighted by atomic mass is 9.97. The lowest BCUT2D eigenvalue weighted by Crippen LogP contribution is -2.45. The van der Waals surface area contributed by atoms with E-state index in [2.05, 4.69) is 10.3 Å². The molecule has 120 valence electrons. The van der Waals surface area contributed by atoms with Gasteiger partial charge >= 0.3 is 12.0 Å². The highest BCUT2D eigenvalue weighted by Gasteiger charge is 2.26. The number of carbonyl (C=O) groups excluding carboxylic acids is 1. The van der Waals surface area contributed by atoms with Crippen LogP contribution >= 0.6 is 0 Å². The minimum Gasteiger partial charge on any atom is -0.481 e. The molecule has 1 aromatic rings. The van der Waals surface area contributed by atoms with Crippen LogP contribution in [0.5, 0.6) is 0 Å². The third-order valence-electron chi connectivity index (χ3n) is 3.96. The van der Waals surface area contributed by atoms with Crippen LogP contribution in [0.25, 0.3) is 0 Å². The monoisotopic (exact) mass is 305 g/mol. The number of carboxylic acids is 1. The number of nitrogens with one attached hydrogen (secondary N) is 1. The molecule has 0 aromatic carbocycles. The molecule has 1 aliphatic rings. The van der Waals surface area contributed by atoms with Crippen molar-refractivity contribution < 1.29 is 14.7 Å². The lowest BCUT2D eigenvalue weighted by Gasteiger charge is -2.30. The summed E-state index contributed by atoms with van der Waals surface area (Å²) in [7, 11) is 0. The topological polar surface area (TPSA) is 82.5 Å². The van der Waals surface area contributed by atoms with E-state index in [4.69, 9.17) is 5.11 Å².